The fourth-order valence-corrected chi connectivity index (χ4v) is 2.60. The first-order valence-corrected chi connectivity index (χ1v) is 7.01. The average molecular weight is 272 g/mol. The molecule has 0 unspecified atom stereocenters. The molecule has 6 nitrogen and oxygen atoms in total. The van der Waals surface area contributed by atoms with Gasteiger partial charge in [-0.25, -0.2) is 15.0 Å². The Bertz CT molecular complexity index is 530. The molecule has 6 heteroatoms. The minimum absolute atomic E-state index is 0.505. The van der Waals surface area contributed by atoms with Gasteiger partial charge in [-0.05, 0) is 18.9 Å². The number of aromatic nitrogens is 4. The molecule has 0 saturated carbocycles. The van der Waals surface area contributed by atoms with Crippen molar-refractivity contribution >= 4 is 5.82 Å². The molecule has 3 rings (SSSR count). The Morgan fingerprint density at radius 2 is 2.15 bits per heavy atom. The topological polar surface area (TPSA) is 58.9 Å². The van der Waals surface area contributed by atoms with E-state index in [1.165, 1.54) is 0 Å². The van der Waals surface area contributed by atoms with Crippen LogP contribution in [0.15, 0.2) is 31.1 Å². The lowest BCUT2D eigenvalue weighted by atomic mass is 10.0. The monoisotopic (exact) mass is 272 g/mol. The van der Waals surface area contributed by atoms with Crippen LogP contribution < -0.4 is 5.32 Å². The highest BCUT2D eigenvalue weighted by molar-refractivity contribution is 5.33. The van der Waals surface area contributed by atoms with Gasteiger partial charge >= 0.3 is 0 Å². The number of piperidine rings is 1. The number of nitrogens with zero attached hydrogens (tertiary/aromatic N) is 5. The van der Waals surface area contributed by atoms with E-state index in [-0.39, 0.29) is 0 Å². The standard InChI is InChI=1S/C14H20N6/c1-19-8-13(17-11-19)9-20-6-3-12(4-7-20)18-14-2-5-15-10-16-14/h2,5,8,10-12H,3-4,6-7,9H2,1H3,(H,15,16,18). The Hall–Kier alpha value is -1.95. The number of rotatable bonds is 4. The SMILES string of the molecule is Cn1cnc(CN2CCC(Nc3ccncn3)CC2)c1. The molecule has 2 aromatic heterocycles. The second-order valence-corrected chi connectivity index (χ2v) is 5.32. The molecule has 3 heterocycles. The maximum absolute atomic E-state index is 4.39. The molecule has 2 aromatic rings. The molecular weight excluding hydrogens is 252 g/mol. The van der Waals surface area contributed by atoms with Crippen LogP contribution in [0.2, 0.25) is 0 Å². The van der Waals surface area contributed by atoms with Gasteiger partial charge in [0.25, 0.3) is 0 Å². The van der Waals surface area contributed by atoms with Crippen LogP contribution in [0, 0.1) is 0 Å². The van der Waals surface area contributed by atoms with Gasteiger partial charge in [-0.15, -0.1) is 0 Å². The Morgan fingerprint density at radius 1 is 1.30 bits per heavy atom. The van der Waals surface area contributed by atoms with Crippen molar-refractivity contribution in [1.29, 1.82) is 0 Å². The van der Waals surface area contributed by atoms with Gasteiger partial charge < -0.3 is 9.88 Å². The van der Waals surface area contributed by atoms with Crippen LogP contribution in [0.3, 0.4) is 0 Å². The lowest BCUT2D eigenvalue weighted by Gasteiger charge is -2.32. The number of anilines is 1. The number of nitrogens with one attached hydrogen (secondary N) is 1. The first kappa shape index (κ1) is 13.1. The summed E-state index contributed by atoms with van der Waals surface area (Å²) in [5.74, 6) is 0.920. The van der Waals surface area contributed by atoms with Gasteiger partial charge in [0, 0.05) is 45.1 Å². The minimum Gasteiger partial charge on any atom is -0.367 e. The Kier molecular flexibility index (Phi) is 3.92. The van der Waals surface area contributed by atoms with E-state index < -0.39 is 0 Å². The maximum atomic E-state index is 4.39. The summed E-state index contributed by atoms with van der Waals surface area (Å²) in [5, 5.41) is 3.47. The highest BCUT2D eigenvalue weighted by Gasteiger charge is 2.19. The molecule has 0 spiro atoms. The lowest BCUT2D eigenvalue weighted by Crippen LogP contribution is -2.38. The fraction of sp³-hybridized carbons (Fsp3) is 0.500. The van der Waals surface area contributed by atoms with Crippen LogP contribution in [0.4, 0.5) is 5.82 Å². The van der Waals surface area contributed by atoms with Crippen LogP contribution in [-0.2, 0) is 13.6 Å². The molecule has 0 aliphatic carbocycles. The number of hydrogen-bond acceptors (Lipinski definition) is 5. The molecule has 20 heavy (non-hydrogen) atoms. The smallest absolute Gasteiger partial charge is 0.129 e. The van der Waals surface area contributed by atoms with Crippen LogP contribution in [0.25, 0.3) is 0 Å². The first-order valence-electron chi connectivity index (χ1n) is 7.01. The average Bonchev–Trinajstić information content (AvgIpc) is 2.88. The van der Waals surface area contributed by atoms with E-state index in [0.29, 0.717) is 6.04 Å². The van der Waals surface area contributed by atoms with E-state index in [0.717, 1.165) is 44.0 Å². The summed E-state index contributed by atoms with van der Waals surface area (Å²) in [6, 6.07) is 2.42. The quantitative estimate of drug-likeness (QED) is 0.908. The predicted octanol–water partition coefficient (Wildman–Crippen LogP) is 1.29. The second kappa shape index (κ2) is 6.00. The normalized spacial score (nSPS) is 17.2. The van der Waals surface area contributed by atoms with Gasteiger partial charge in [0.15, 0.2) is 0 Å². The van der Waals surface area contributed by atoms with Crippen molar-refractivity contribution in [3.05, 3.63) is 36.8 Å². The molecule has 0 bridgehead atoms. The van der Waals surface area contributed by atoms with Crippen molar-refractivity contribution in [3.8, 4) is 0 Å². The zero-order chi connectivity index (χ0) is 13.8. The van der Waals surface area contributed by atoms with E-state index in [1.807, 2.05) is 24.0 Å². The van der Waals surface area contributed by atoms with Gasteiger partial charge in [0.2, 0.25) is 0 Å². The summed E-state index contributed by atoms with van der Waals surface area (Å²) >= 11 is 0. The van der Waals surface area contributed by atoms with Crippen molar-refractivity contribution in [1.82, 2.24) is 24.4 Å². The van der Waals surface area contributed by atoms with Crippen molar-refractivity contribution in [2.24, 2.45) is 7.05 Å². The van der Waals surface area contributed by atoms with Crippen LogP contribution in [0.1, 0.15) is 18.5 Å². The third-order valence-electron chi connectivity index (χ3n) is 3.67. The second-order valence-electron chi connectivity index (χ2n) is 5.32. The van der Waals surface area contributed by atoms with E-state index in [9.17, 15) is 0 Å². The molecule has 1 saturated heterocycles. The third kappa shape index (κ3) is 3.33. The van der Waals surface area contributed by atoms with E-state index in [2.05, 4.69) is 31.4 Å². The highest BCUT2D eigenvalue weighted by atomic mass is 15.2. The molecule has 106 valence electrons. The van der Waals surface area contributed by atoms with Crippen LogP contribution >= 0.6 is 0 Å². The number of imidazole rings is 1. The largest absolute Gasteiger partial charge is 0.367 e. The fourth-order valence-electron chi connectivity index (χ4n) is 2.60. The van der Waals surface area contributed by atoms with Gasteiger partial charge in [-0.3, -0.25) is 4.90 Å². The predicted molar refractivity (Wildman–Crippen MR) is 77.2 cm³/mol. The third-order valence-corrected chi connectivity index (χ3v) is 3.67. The molecule has 1 N–H and O–H groups in total. The molecule has 1 fully saturated rings. The first-order chi connectivity index (χ1) is 9.79. The van der Waals surface area contributed by atoms with Gasteiger partial charge in [-0.1, -0.05) is 0 Å². The number of hydrogen-bond donors (Lipinski definition) is 1. The van der Waals surface area contributed by atoms with Crippen molar-refractivity contribution < 1.29 is 0 Å². The van der Waals surface area contributed by atoms with Crippen LogP contribution in [0.5, 0.6) is 0 Å². The number of aryl methyl sites for hydroxylation is 1. The van der Waals surface area contributed by atoms with Crippen molar-refractivity contribution in [2.75, 3.05) is 18.4 Å². The number of likely N-dealkylation sites (tertiary alicyclic amines) is 1. The molecule has 0 amide bonds. The van der Waals surface area contributed by atoms with Gasteiger partial charge in [0.1, 0.15) is 12.1 Å². The molecule has 1 aliphatic rings. The highest BCUT2D eigenvalue weighted by Crippen LogP contribution is 2.16. The lowest BCUT2D eigenvalue weighted by molar-refractivity contribution is 0.209. The Balaban J connectivity index is 1.47. The van der Waals surface area contributed by atoms with E-state index in [4.69, 9.17) is 0 Å². The summed E-state index contributed by atoms with van der Waals surface area (Å²) in [7, 11) is 2.01. The Morgan fingerprint density at radius 3 is 2.80 bits per heavy atom. The van der Waals surface area contributed by atoms with E-state index in [1.54, 1.807) is 12.5 Å². The van der Waals surface area contributed by atoms with Crippen LogP contribution in [-0.4, -0.2) is 43.6 Å². The van der Waals surface area contributed by atoms with Gasteiger partial charge in [0.05, 0.1) is 12.0 Å². The minimum atomic E-state index is 0.505. The zero-order valence-electron chi connectivity index (χ0n) is 11.7. The summed E-state index contributed by atoms with van der Waals surface area (Å²) < 4.78 is 2.00. The molecule has 1 aliphatic heterocycles. The molecule has 0 radical (unpaired) electrons. The zero-order valence-corrected chi connectivity index (χ0v) is 11.7. The summed E-state index contributed by atoms with van der Waals surface area (Å²) in [6.07, 6.45) is 9.57. The van der Waals surface area contributed by atoms with Gasteiger partial charge in [-0.2, -0.15) is 0 Å². The molecule has 0 aromatic carbocycles. The van der Waals surface area contributed by atoms with Crippen molar-refractivity contribution in [3.63, 3.8) is 0 Å². The summed E-state index contributed by atoms with van der Waals surface area (Å²) in [5.41, 5.74) is 1.15. The summed E-state index contributed by atoms with van der Waals surface area (Å²) in [6.45, 7) is 3.14. The Labute approximate surface area is 118 Å². The molecular formula is C14H20N6. The summed E-state index contributed by atoms with van der Waals surface area (Å²) in [4.78, 5) is 15.0. The molecule has 0 atom stereocenters. The van der Waals surface area contributed by atoms with Crippen molar-refractivity contribution in [2.45, 2.75) is 25.4 Å². The van der Waals surface area contributed by atoms with E-state index >= 15 is 0 Å². The maximum Gasteiger partial charge on any atom is 0.129 e.